The zero-order chi connectivity index (χ0) is 31.3. The van der Waals surface area contributed by atoms with Gasteiger partial charge < -0.3 is 19.3 Å². The maximum atomic E-state index is 11.5. The van der Waals surface area contributed by atoms with E-state index in [0.29, 0.717) is 28.5 Å². The van der Waals surface area contributed by atoms with Crippen molar-refractivity contribution in [2.24, 2.45) is 17.3 Å². The molecule has 0 radical (unpaired) electrons. The maximum absolute atomic E-state index is 11.5. The second kappa shape index (κ2) is 12.4. The van der Waals surface area contributed by atoms with Crippen molar-refractivity contribution in [3.05, 3.63) is 52.6 Å². The molecule has 7 heteroatoms. The number of pyridine rings is 1. The number of anilines is 1. The van der Waals surface area contributed by atoms with Crippen molar-refractivity contribution in [3.63, 3.8) is 0 Å². The average Bonchev–Trinajstić information content (AvgIpc) is 3.85. The van der Waals surface area contributed by atoms with Gasteiger partial charge in [0.25, 0.3) is 0 Å². The van der Waals surface area contributed by atoms with Crippen molar-refractivity contribution in [1.82, 2.24) is 10.1 Å². The Morgan fingerprint density at radius 3 is 2.26 bits per heavy atom. The number of aromatic carboxylic acids is 1. The highest BCUT2D eigenvalue weighted by Crippen LogP contribution is 2.55. The van der Waals surface area contributed by atoms with E-state index < -0.39 is 5.97 Å². The number of fused-ring (bicyclic) bond motifs is 1. The number of piperidine rings is 1. The summed E-state index contributed by atoms with van der Waals surface area (Å²) in [6.07, 6.45) is 23.6. The predicted octanol–water partition coefficient (Wildman–Crippen LogP) is 9.52. The van der Waals surface area contributed by atoms with Crippen LogP contribution in [0, 0.1) is 17.3 Å². The molecule has 244 valence electrons. The van der Waals surface area contributed by atoms with Crippen molar-refractivity contribution < 1.29 is 19.2 Å². The van der Waals surface area contributed by atoms with Gasteiger partial charge in [0.05, 0.1) is 18.3 Å². The Labute approximate surface area is 272 Å². The summed E-state index contributed by atoms with van der Waals surface area (Å²) in [7, 11) is 1.59. The van der Waals surface area contributed by atoms with Gasteiger partial charge in [0, 0.05) is 47.6 Å². The molecular formula is C39H49N3O4. The third-order valence-electron chi connectivity index (χ3n) is 12.3. The summed E-state index contributed by atoms with van der Waals surface area (Å²) in [5.41, 5.74) is 6.54. The zero-order valence-electron chi connectivity index (χ0n) is 27.4. The van der Waals surface area contributed by atoms with E-state index in [1.165, 1.54) is 126 Å². The van der Waals surface area contributed by atoms with E-state index in [9.17, 15) is 9.90 Å². The van der Waals surface area contributed by atoms with Crippen molar-refractivity contribution in [3.8, 4) is 5.75 Å². The van der Waals surface area contributed by atoms with Crippen molar-refractivity contribution in [1.29, 1.82) is 0 Å². The summed E-state index contributed by atoms with van der Waals surface area (Å²) in [6, 6.07) is 7.63. The average molecular weight is 624 g/mol. The van der Waals surface area contributed by atoms with Gasteiger partial charge in [-0.05, 0) is 99.7 Å². The van der Waals surface area contributed by atoms with Crippen LogP contribution in [0.4, 0.5) is 5.69 Å². The molecule has 0 atom stereocenters. The Kier molecular flexibility index (Phi) is 8.06. The third-order valence-corrected chi connectivity index (χ3v) is 12.3. The van der Waals surface area contributed by atoms with Crippen LogP contribution in [-0.4, -0.2) is 41.4 Å². The minimum atomic E-state index is -1.04. The topological polar surface area (TPSA) is 88.7 Å². The first-order valence-corrected chi connectivity index (χ1v) is 18.2. The molecule has 0 unspecified atom stereocenters. The Morgan fingerprint density at radius 2 is 1.65 bits per heavy atom. The molecule has 1 aliphatic heterocycles. The first-order chi connectivity index (χ1) is 22.5. The Bertz CT molecular complexity index is 1590. The monoisotopic (exact) mass is 623 g/mol. The first kappa shape index (κ1) is 30.0. The van der Waals surface area contributed by atoms with E-state index in [4.69, 9.17) is 14.4 Å². The molecule has 5 fully saturated rings. The number of aromatic nitrogens is 2. The highest BCUT2D eigenvalue weighted by atomic mass is 16.5. The lowest BCUT2D eigenvalue weighted by atomic mass is 9.60. The quantitative estimate of drug-likeness (QED) is 0.267. The van der Waals surface area contributed by atoms with Gasteiger partial charge in [-0.1, -0.05) is 55.3 Å². The summed E-state index contributed by atoms with van der Waals surface area (Å²) < 4.78 is 11.8. The molecule has 4 aliphatic carbocycles. The Morgan fingerprint density at radius 1 is 0.978 bits per heavy atom. The summed E-state index contributed by atoms with van der Waals surface area (Å²) in [5, 5.41) is 15.3. The normalized spacial score (nSPS) is 22.4. The highest BCUT2D eigenvalue weighted by molar-refractivity contribution is 5.94. The van der Waals surface area contributed by atoms with Gasteiger partial charge in [-0.2, -0.15) is 0 Å². The number of carboxylic acid groups (broad SMARTS) is 1. The highest BCUT2D eigenvalue weighted by Gasteiger charge is 2.44. The summed E-state index contributed by atoms with van der Waals surface area (Å²) in [4.78, 5) is 18.3. The van der Waals surface area contributed by atoms with Crippen molar-refractivity contribution >= 4 is 28.6 Å². The predicted molar refractivity (Wildman–Crippen MR) is 181 cm³/mol. The maximum Gasteiger partial charge on any atom is 0.354 e. The minimum Gasteiger partial charge on any atom is -0.496 e. The molecular weight excluding hydrogens is 574 g/mol. The Hall–Kier alpha value is -3.35. The number of rotatable bonds is 8. The van der Waals surface area contributed by atoms with Gasteiger partial charge in [-0.3, -0.25) is 0 Å². The SMILES string of the molecule is COc1cc(C(=O)O)nc2ccc(N3CCC4(CC3)CC(=Cc3c(C(C5CCCCC5)C5CCCCC5)noc3C3CC3)C4)cc12. The molecule has 2 aromatic heterocycles. The molecule has 1 spiro atoms. The Balaban J connectivity index is 0.992. The van der Waals surface area contributed by atoms with Gasteiger partial charge in [-0.15, -0.1) is 0 Å². The molecule has 5 aliphatic rings. The van der Waals surface area contributed by atoms with E-state index in [0.717, 1.165) is 36.0 Å². The smallest absolute Gasteiger partial charge is 0.354 e. The second-order valence-corrected chi connectivity index (χ2v) is 15.3. The number of allylic oxidation sites excluding steroid dienone is 1. The lowest BCUT2D eigenvalue weighted by molar-refractivity contribution is 0.0690. The van der Waals surface area contributed by atoms with Crippen molar-refractivity contribution in [2.75, 3.05) is 25.1 Å². The molecule has 3 aromatic rings. The molecule has 4 saturated carbocycles. The molecule has 0 bridgehead atoms. The molecule has 1 aromatic carbocycles. The molecule has 3 heterocycles. The molecule has 46 heavy (non-hydrogen) atoms. The van der Waals surface area contributed by atoms with Crippen molar-refractivity contribution in [2.45, 2.75) is 115 Å². The van der Waals surface area contributed by atoms with Gasteiger partial charge >= 0.3 is 5.97 Å². The van der Waals surface area contributed by atoms with E-state index in [2.05, 4.69) is 28.1 Å². The number of hydrogen-bond donors (Lipinski definition) is 1. The number of benzene rings is 1. The number of carboxylic acids is 1. The van der Waals surface area contributed by atoms with E-state index in [-0.39, 0.29) is 5.69 Å². The fraction of sp³-hybridized carbons (Fsp3) is 0.615. The molecule has 1 N–H and O–H groups in total. The van der Waals surface area contributed by atoms with Crippen LogP contribution in [0.15, 0.2) is 34.4 Å². The zero-order valence-corrected chi connectivity index (χ0v) is 27.4. The van der Waals surface area contributed by atoms with Gasteiger partial charge in [0.1, 0.15) is 11.5 Å². The molecule has 7 nitrogen and oxygen atoms in total. The van der Waals surface area contributed by atoms with Crippen LogP contribution in [0.5, 0.6) is 5.75 Å². The second-order valence-electron chi connectivity index (χ2n) is 15.3. The van der Waals surface area contributed by atoms with Crippen LogP contribution in [0.25, 0.3) is 17.0 Å². The van der Waals surface area contributed by atoms with Crippen LogP contribution in [0.3, 0.4) is 0 Å². The van der Waals surface area contributed by atoms with E-state index in [1.807, 2.05) is 6.07 Å². The lowest BCUT2D eigenvalue weighted by Gasteiger charge is -2.50. The van der Waals surface area contributed by atoms with Crippen LogP contribution in [0.1, 0.15) is 142 Å². The summed E-state index contributed by atoms with van der Waals surface area (Å²) in [5.74, 6) is 3.41. The lowest BCUT2D eigenvalue weighted by Crippen LogP contribution is -2.44. The molecule has 8 rings (SSSR count). The number of hydrogen-bond acceptors (Lipinski definition) is 6. The third kappa shape index (κ3) is 5.73. The van der Waals surface area contributed by atoms with Gasteiger partial charge in [0.15, 0.2) is 5.69 Å². The summed E-state index contributed by atoms with van der Waals surface area (Å²) >= 11 is 0. The number of ether oxygens (including phenoxy) is 1. The van der Waals surface area contributed by atoms with E-state index in [1.54, 1.807) is 12.7 Å². The van der Waals surface area contributed by atoms with Crippen LogP contribution in [0.2, 0.25) is 0 Å². The summed E-state index contributed by atoms with van der Waals surface area (Å²) in [6.45, 7) is 2.05. The molecule has 0 amide bonds. The fourth-order valence-corrected chi connectivity index (χ4v) is 9.63. The number of methoxy groups -OCH3 is 1. The first-order valence-electron chi connectivity index (χ1n) is 18.2. The number of carbonyl (C=O) groups is 1. The minimum absolute atomic E-state index is 0.00641. The standard InChI is InChI=1S/C39H49N3O4/c1-45-34-22-33(38(43)44)40-32-15-14-29(21-30(32)34)42-18-16-39(17-19-42)23-25(24-39)20-31-36(41-46-37(31)28-12-13-28)35(26-8-4-2-5-9-26)27-10-6-3-7-11-27/h14-15,20-22,26-28,35H,2-13,16-19,23-24H2,1H3,(H,43,44). The van der Waals surface area contributed by atoms with Gasteiger partial charge in [0.2, 0.25) is 0 Å². The van der Waals surface area contributed by atoms with Crippen LogP contribution < -0.4 is 9.64 Å². The largest absolute Gasteiger partial charge is 0.496 e. The fourth-order valence-electron chi connectivity index (χ4n) is 9.63. The molecule has 1 saturated heterocycles. The van der Waals surface area contributed by atoms with Crippen LogP contribution in [-0.2, 0) is 0 Å². The number of nitrogens with zero attached hydrogens (tertiary/aromatic N) is 3. The van der Waals surface area contributed by atoms with Crippen LogP contribution >= 0.6 is 0 Å². The van der Waals surface area contributed by atoms with Gasteiger partial charge in [-0.25, -0.2) is 9.78 Å². The van der Waals surface area contributed by atoms with E-state index >= 15 is 0 Å².